The topological polar surface area (TPSA) is 29.5 Å². The number of halogens is 2. The van der Waals surface area contributed by atoms with E-state index in [0.717, 1.165) is 17.7 Å². The normalized spacial score (nSPS) is 14.8. The van der Waals surface area contributed by atoms with Crippen LogP contribution < -0.4 is 4.74 Å². The standard InChI is InChI=1S/C39H38ClFO2/c1-26(28-7-5-4-6-8-28)37(30-13-21-35(42)22-14-30)25-38(31-15-23-36(43-3)24-16-31)39(32-11-19-34(41)20-12-32)27(2)29-9-17-33(40)18-10-29/h4-24,26-27,37-39,42H,25H2,1-3H3. The second-order valence-corrected chi connectivity index (χ2v) is 11.9. The maximum Gasteiger partial charge on any atom is 0.123 e. The Kier molecular flexibility index (Phi) is 9.84. The third kappa shape index (κ3) is 7.29. The lowest BCUT2D eigenvalue weighted by Gasteiger charge is -2.37. The van der Waals surface area contributed by atoms with Gasteiger partial charge in [0.2, 0.25) is 0 Å². The van der Waals surface area contributed by atoms with Crippen LogP contribution in [0.3, 0.4) is 0 Å². The molecule has 0 fully saturated rings. The van der Waals surface area contributed by atoms with Gasteiger partial charge in [-0.25, -0.2) is 4.39 Å². The molecule has 5 aromatic carbocycles. The van der Waals surface area contributed by atoms with Crippen LogP contribution in [0.15, 0.2) is 127 Å². The highest BCUT2D eigenvalue weighted by atomic mass is 35.5. The van der Waals surface area contributed by atoms with Gasteiger partial charge in [0, 0.05) is 5.02 Å². The second kappa shape index (κ2) is 13.9. The van der Waals surface area contributed by atoms with E-state index < -0.39 is 0 Å². The second-order valence-electron chi connectivity index (χ2n) is 11.4. The largest absolute Gasteiger partial charge is 0.508 e. The summed E-state index contributed by atoms with van der Waals surface area (Å²) in [7, 11) is 1.68. The van der Waals surface area contributed by atoms with Gasteiger partial charge in [-0.05, 0) is 112 Å². The van der Waals surface area contributed by atoms with Crippen LogP contribution in [0.25, 0.3) is 0 Å². The molecule has 5 atom stereocenters. The van der Waals surface area contributed by atoms with Crippen molar-refractivity contribution in [2.24, 2.45) is 0 Å². The first-order chi connectivity index (χ1) is 20.8. The number of hydrogen-bond donors (Lipinski definition) is 1. The SMILES string of the molecule is COc1ccc(C(CC(c2ccc(O)cc2)C(C)c2ccccc2)C(c2ccc(F)cc2)C(C)c2ccc(Cl)cc2)cc1. The summed E-state index contributed by atoms with van der Waals surface area (Å²) in [6.07, 6.45) is 0.827. The number of phenolic OH excluding ortho intramolecular Hbond substituents is 1. The lowest BCUT2D eigenvalue weighted by Crippen LogP contribution is -2.22. The van der Waals surface area contributed by atoms with Gasteiger partial charge in [0.15, 0.2) is 0 Å². The number of methoxy groups -OCH3 is 1. The Morgan fingerprint density at radius 2 is 1.12 bits per heavy atom. The van der Waals surface area contributed by atoms with Gasteiger partial charge in [0.25, 0.3) is 0 Å². The van der Waals surface area contributed by atoms with Crippen LogP contribution in [0, 0.1) is 5.82 Å². The molecule has 0 aliphatic carbocycles. The van der Waals surface area contributed by atoms with Crippen LogP contribution in [-0.4, -0.2) is 12.2 Å². The lowest BCUT2D eigenvalue weighted by molar-refractivity contribution is 0.392. The molecular weight excluding hydrogens is 555 g/mol. The van der Waals surface area contributed by atoms with E-state index in [-0.39, 0.29) is 41.2 Å². The molecule has 2 nitrogen and oxygen atoms in total. The number of phenols is 1. The summed E-state index contributed by atoms with van der Waals surface area (Å²) < 4.78 is 19.7. The monoisotopic (exact) mass is 592 g/mol. The van der Waals surface area contributed by atoms with E-state index in [1.54, 1.807) is 31.4 Å². The van der Waals surface area contributed by atoms with Crippen molar-refractivity contribution in [1.82, 2.24) is 0 Å². The number of ether oxygens (including phenoxy) is 1. The third-order valence-corrected chi connectivity index (χ3v) is 9.18. The lowest BCUT2D eigenvalue weighted by atomic mass is 9.66. The molecule has 4 heteroatoms. The highest BCUT2D eigenvalue weighted by molar-refractivity contribution is 6.30. The van der Waals surface area contributed by atoms with Gasteiger partial charge in [-0.15, -0.1) is 0 Å². The Morgan fingerprint density at radius 3 is 1.72 bits per heavy atom. The number of benzene rings is 5. The molecule has 5 aromatic rings. The zero-order valence-corrected chi connectivity index (χ0v) is 25.6. The minimum absolute atomic E-state index is 0.0257. The molecule has 0 heterocycles. The molecule has 0 amide bonds. The summed E-state index contributed by atoms with van der Waals surface area (Å²) in [5.74, 6) is 1.33. The van der Waals surface area contributed by atoms with Crippen LogP contribution in [0.1, 0.15) is 77.7 Å². The van der Waals surface area contributed by atoms with E-state index in [1.807, 2.05) is 54.6 Å². The molecule has 0 aromatic heterocycles. The predicted molar refractivity (Wildman–Crippen MR) is 175 cm³/mol. The zero-order chi connectivity index (χ0) is 30.3. The highest BCUT2D eigenvalue weighted by Crippen LogP contribution is 2.50. The first-order valence-corrected chi connectivity index (χ1v) is 15.2. The van der Waals surface area contributed by atoms with E-state index in [0.29, 0.717) is 5.02 Å². The fraction of sp³-hybridized carbons (Fsp3) is 0.231. The first kappa shape index (κ1) is 30.4. The van der Waals surface area contributed by atoms with Crippen LogP contribution in [0.5, 0.6) is 11.5 Å². The van der Waals surface area contributed by atoms with Gasteiger partial charge in [0.05, 0.1) is 7.11 Å². The molecule has 0 radical (unpaired) electrons. The zero-order valence-electron chi connectivity index (χ0n) is 24.8. The molecule has 1 N–H and O–H groups in total. The van der Waals surface area contributed by atoms with E-state index in [4.69, 9.17) is 16.3 Å². The summed E-state index contributed by atoms with van der Waals surface area (Å²) in [6.45, 7) is 4.54. The molecule has 0 saturated carbocycles. The van der Waals surface area contributed by atoms with Crippen molar-refractivity contribution in [2.75, 3.05) is 7.11 Å². The van der Waals surface area contributed by atoms with Crippen LogP contribution >= 0.6 is 11.6 Å². The Bertz CT molecular complexity index is 1570. The van der Waals surface area contributed by atoms with Crippen molar-refractivity contribution in [1.29, 1.82) is 0 Å². The van der Waals surface area contributed by atoms with Crippen LogP contribution in [0.4, 0.5) is 4.39 Å². The minimum atomic E-state index is -0.248. The van der Waals surface area contributed by atoms with Gasteiger partial charge in [0.1, 0.15) is 17.3 Å². The molecular formula is C39H38ClFO2. The number of aromatic hydroxyl groups is 1. The molecule has 0 aliphatic rings. The minimum Gasteiger partial charge on any atom is -0.508 e. The first-order valence-electron chi connectivity index (χ1n) is 14.8. The quantitative estimate of drug-likeness (QED) is 0.165. The van der Waals surface area contributed by atoms with E-state index >= 15 is 0 Å². The summed E-state index contributed by atoms with van der Waals surface area (Å²) in [6, 6.07) is 41.6. The molecule has 0 spiro atoms. The maximum absolute atomic E-state index is 14.2. The summed E-state index contributed by atoms with van der Waals surface area (Å²) in [5, 5.41) is 10.8. The summed E-state index contributed by atoms with van der Waals surface area (Å²) in [4.78, 5) is 0. The Labute approximate surface area is 259 Å². The summed E-state index contributed by atoms with van der Waals surface area (Å²) >= 11 is 6.29. The van der Waals surface area contributed by atoms with E-state index in [9.17, 15) is 9.50 Å². The van der Waals surface area contributed by atoms with Crippen molar-refractivity contribution in [3.8, 4) is 11.5 Å². The maximum atomic E-state index is 14.2. The molecule has 0 saturated heterocycles. The van der Waals surface area contributed by atoms with Gasteiger partial charge in [-0.1, -0.05) is 104 Å². The van der Waals surface area contributed by atoms with Gasteiger partial charge < -0.3 is 9.84 Å². The average molecular weight is 593 g/mol. The van der Waals surface area contributed by atoms with Gasteiger partial charge in [-0.3, -0.25) is 0 Å². The molecule has 220 valence electrons. The van der Waals surface area contributed by atoms with Crippen molar-refractivity contribution in [2.45, 2.75) is 49.9 Å². The van der Waals surface area contributed by atoms with Crippen molar-refractivity contribution in [3.63, 3.8) is 0 Å². The fourth-order valence-corrected chi connectivity index (χ4v) is 6.61. The van der Waals surface area contributed by atoms with Crippen molar-refractivity contribution >= 4 is 11.6 Å². The number of hydrogen-bond acceptors (Lipinski definition) is 2. The third-order valence-electron chi connectivity index (χ3n) is 8.92. The molecule has 0 bridgehead atoms. The smallest absolute Gasteiger partial charge is 0.123 e. The molecule has 0 aliphatic heterocycles. The predicted octanol–water partition coefficient (Wildman–Crippen LogP) is 10.8. The fourth-order valence-electron chi connectivity index (χ4n) is 6.48. The molecule has 5 unspecified atom stereocenters. The van der Waals surface area contributed by atoms with Crippen LogP contribution in [0.2, 0.25) is 5.02 Å². The van der Waals surface area contributed by atoms with Crippen LogP contribution in [-0.2, 0) is 0 Å². The van der Waals surface area contributed by atoms with E-state index in [1.165, 1.54) is 22.3 Å². The van der Waals surface area contributed by atoms with E-state index in [2.05, 4.69) is 62.4 Å². The van der Waals surface area contributed by atoms with Gasteiger partial charge in [-0.2, -0.15) is 0 Å². The number of rotatable bonds is 11. The average Bonchev–Trinajstić information content (AvgIpc) is 3.04. The molecule has 5 rings (SSSR count). The Morgan fingerprint density at radius 1 is 0.605 bits per heavy atom. The Hall–Kier alpha value is -4.08. The molecule has 43 heavy (non-hydrogen) atoms. The van der Waals surface area contributed by atoms with Crippen molar-refractivity contribution < 1.29 is 14.2 Å². The van der Waals surface area contributed by atoms with Gasteiger partial charge >= 0.3 is 0 Å². The highest BCUT2D eigenvalue weighted by Gasteiger charge is 2.35. The Balaban J connectivity index is 1.67. The van der Waals surface area contributed by atoms with Crippen molar-refractivity contribution in [3.05, 3.63) is 166 Å². The summed E-state index contributed by atoms with van der Waals surface area (Å²) in [5.41, 5.74) is 5.89.